The highest BCUT2D eigenvalue weighted by Crippen LogP contribution is 2.19. The molecule has 0 amide bonds. The van der Waals surface area contributed by atoms with Gasteiger partial charge in [0.05, 0.1) is 18.8 Å². The minimum absolute atomic E-state index is 0.239. The molecule has 1 aromatic heterocycles. The van der Waals surface area contributed by atoms with Crippen LogP contribution in [0.5, 0.6) is 0 Å². The van der Waals surface area contributed by atoms with E-state index in [0.29, 0.717) is 24.6 Å². The van der Waals surface area contributed by atoms with E-state index in [-0.39, 0.29) is 5.15 Å². The van der Waals surface area contributed by atoms with E-state index in [1.165, 1.54) is 6.07 Å². The van der Waals surface area contributed by atoms with Gasteiger partial charge in [0, 0.05) is 13.1 Å². The molecule has 1 aliphatic rings. The van der Waals surface area contributed by atoms with Gasteiger partial charge in [0.25, 0.3) is 0 Å². The summed E-state index contributed by atoms with van der Waals surface area (Å²) in [5.74, 6) is 0.588. The van der Waals surface area contributed by atoms with Gasteiger partial charge in [-0.3, -0.25) is 0 Å². The summed E-state index contributed by atoms with van der Waals surface area (Å²) < 4.78 is 5.22. The molecule has 1 aliphatic heterocycles. The molecule has 6 heteroatoms. The van der Waals surface area contributed by atoms with Crippen molar-refractivity contribution in [3.8, 4) is 6.07 Å². The van der Waals surface area contributed by atoms with Crippen LogP contribution in [0.15, 0.2) is 6.07 Å². The second-order valence-electron chi connectivity index (χ2n) is 3.12. The minimum atomic E-state index is 0.239. The van der Waals surface area contributed by atoms with Gasteiger partial charge in [-0.05, 0) is 6.07 Å². The second kappa shape index (κ2) is 4.43. The molecule has 0 atom stereocenters. The molecule has 0 saturated carbocycles. The maximum Gasteiger partial charge on any atom is 0.169 e. The maximum absolute atomic E-state index is 8.94. The fourth-order valence-electron chi connectivity index (χ4n) is 1.45. The number of morpholine rings is 1. The smallest absolute Gasteiger partial charge is 0.169 e. The molecule has 0 bridgehead atoms. The van der Waals surface area contributed by atoms with Crippen molar-refractivity contribution in [2.75, 3.05) is 31.2 Å². The third-order valence-corrected chi connectivity index (χ3v) is 2.36. The summed E-state index contributed by atoms with van der Waals surface area (Å²) in [6.07, 6.45) is 0. The molecule has 0 aromatic carbocycles. The number of anilines is 1. The van der Waals surface area contributed by atoms with Crippen molar-refractivity contribution in [2.24, 2.45) is 0 Å². The third-order valence-electron chi connectivity index (χ3n) is 2.18. The van der Waals surface area contributed by atoms with Crippen molar-refractivity contribution >= 4 is 17.4 Å². The lowest BCUT2D eigenvalue weighted by Crippen LogP contribution is -2.37. The number of hydrogen-bond donors (Lipinski definition) is 0. The molecule has 0 N–H and O–H groups in total. The molecule has 78 valence electrons. The van der Waals surface area contributed by atoms with Gasteiger partial charge in [-0.1, -0.05) is 11.6 Å². The van der Waals surface area contributed by atoms with Gasteiger partial charge < -0.3 is 9.64 Å². The zero-order valence-corrected chi connectivity index (χ0v) is 8.74. The summed E-state index contributed by atoms with van der Waals surface area (Å²) in [7, 11) is 0. The van der Waals surface area contributed by atoms with E-state index < -0.39 is 0 Å². The molecule has 2 rings (SSSR count). The predicted octanol–water partition coefficient (Wildman–Crippen LogP) is 0.838. The minimum Gasteiger partial charge on any atom is -0.378 e. The zero-order chi connectivity index (χ0) is 10.7. The van der Waals surface area contributed by atoms with Gasteiger partial charge in [-0.15, -0.1) is 10.2 Å². The highest BCUT2D eigenvalue weighted by molar-refractivity contribution is 6.29. The topological polar surface area (TPSA) is 62.0 Å². The van der Waals surface area contributed by atoms with E-state index in [0.717, 1.165) is 13.1 Å². The molecule has 1 saturated heterocycles. The summed E-state index contributed by atoms with van der Waals surface area (Å²) >= 11 is 5.67. The van der Waals surface area contributed by atoms with Crippen LogP contribution in [0.4, 0.5) is 5.82 Å². The SMILES string of the molecule is N#Cc1cc(Cl)nnc1N1CCOCC1. The molecule has 1 aromatic rings. The predicted molar refractivity (Wildman–Crippen MR) is 54.8 cm³/mol. The molecule has 1 fully saturated rings. The summed E-state index contributed by atoms with van der Waals surface area (Å²) in [5.41, 5.74) is 0.455. The number of nitrogens with zero attached hydrogens (tertiary/aromatic N) is 4. The fourth-order valence-corrected chi connectivity index (χ4v) is 1.60. The van der Waals surface area contributed by atoms with Crippen LogP contribution in [-0.2, 0) is 4.74 Å². The van der Waals surface area contributed by atoms with Crippen molar-refractivity contribution in [1.82, 2.24) is 10.2 Å². The highest BCUT2D eigenvalue weighted by atomic mass is 35.5. The van der Waals surface area contributed by atoms with Crippen molar-refractivity contribution in [3.63, 3.8) is 0 Å². The fraction of sp³-hybridized carbons (Fsp3) is 0.444. The largest absolute Gasteiger partial charge is 0.378 e. The van der Waals surface area contributed by atoms with Crippen LogP contribution in [0.3, 0.4) is 0 Å². The average molecular weight is 225 g/mol. The summed E-state index contributed by atoms with van der Waals surface area (Å²) in [6.45, 7) is 2.75. The normalized spacial score (nSPS) is 16.1. The van der Waals surface area contributed by atoms with E-state index in [4.69, 9.17) is 21.6 Å². The van der Waals surface area contributed by atoms with E-state index in [2.05, 4.69) is 16.3 Å². The van der Waals surface area contributed by atoms with Gasteiger partial charge in [-0.2, -0.15) is 5.26 Å². The summed E-state index contributed by atoms with van der Waals surface area (Å²) in [5, 5.41) is 16.9. The Bertz CT molecular complexity index is 398. The molecule has 5 nitrogen and oxygen atoms in total. The van der Waals surface area contributed by atoms with Crippen LogP contribution >= 0.6 is 11.6 Å². The van der Waals surface area contributed by atoms with Crippen molar-refractivity contribution in [3.05, 3.63) is 16.8 Å². The Kier molecular flexibility index (Phi) is 2.99. The first-order valence-electron chi connectivity index (χ1n) is 4.57. The number of aromatic nitrogens is 2. The van der Waals surface area contributed by atoms with Crippen molar-refractivity contribution in [2.45, 2.75) is 0 Å². The van der Waals surface area contributed by atoms with Crippen LogP contribution in [0, 0.1) is 11.3 Å². The standard InChI is InChI=1S/C9H9ClN4O/c10-8-5-7(6-11)9(13-12-8)14-1-3-15-4-2-14/h5H,1-4H2. The Balaban J connectivity index is 2.30. The lowest BCUT2D eigenvalue weighted by molar-refractivity contribution is 0.122. The van der Waals surface area contributed by atoms with E-state index in [9.17, 15) is 0 Å². The molecule has 15 heavy (non-hydrogen) atoms. The highest BCUT2D eigenvalue weighted by Gasteiger charge is 2.17. The first-order chi connectivity index (χ1) is 7.31. The quantitative estimate of drug-likeness (QED) is 0.707. The van der Waals surface area contributed by atoms with Crippen molar-refractivity contribution in [1.29, 1.82) is 5.26 Å². The molecular weight excluding hydrogens is 216 g/mol. The Labute approximate surface area is 92.2 Å². The Hall–Kier alpha value is -1.38. The van der Waals surface area contributed by atoms with Gasteiger partial charge in [0.15, 0.2) is 11.0 Å². The Morgan fingerprint density at radius 1 is 1.40 bits per heavy atom. The zero-order valence-electron chi connectivity index (χ0n) is 7.98. The van der Waals surface area contributed by atoms with E-state index >= 15 is 0 Å². The Morgan fingerprint density at radius 2 is 2.13 bits per heavy atom. The second-order valence-corrected chi connectivity index (χ2v) is 3.50. The number of ether oxygens (including phenoxy) is 1. The number of rotatable bonds is 1. The summed E-state index contributed by atoms with van der Waals surface area (Å²) in [4.78, 5) is 1.98. The van der Waals surface area contributed by atoms with Gasteiger partial charge in [0.1, 0.15) is 6.07 Å². The van der Waals surface area contributed by atoms with Crippen molar-refractivity contribution < 1.29 is 4.74 Å². The van der Waals surface area contributed by atoms with Crippen LogP contribution in [0.25, 0.3) is 0 Å². The van der Waals surface area contributed by atoms with Crippen LogP contribution < -0.4 is 4.90 Å². The molecule has 0 unspecified atom stereocenters. The summed E-state index contributed by atoms with van der Waals surface area (Å²) in [6, 6.07) is 3.59. The molecule has 0 radical (unpaired) electrons. The van der Waals surface area contributed by atoms with Gasteiger partial charge >= 0.3 is 0 Å². The Morgan fingerprint density at radius 3 is 2.80 bits per heavy atom. The van der Waals surface area contributed by atoms with E-state index in [1.54, 1.807) is 0 Å². The van der Waals surface area contributed by atoms with E-state index in [1.807, 2.05) is 4.90 Å². The lowest BCUT2D eigenvalue weighted by atomic mass is 10.2. The first-order valence-corrected chi connectivity index (χ1v) is 4.95. The average Bonchev–Trinajstić information content (AvgIpc) is 2.30. The lowest BCUT2D eigenvalue weighted by Gasteiger charge is -2.27. The van der Waals surface area contributed by atoms with Gasteiger partial charge in [0.2, 0.25) is 0 Å². The van der Waals surface area contributed by atoms with Crippen LogP contribution in [0.2, 0.25) is 5.15 Å². The third kappa shape index (κ3) is 2.17. The number of hydrogen-bond acceptors (Lipinski definition) is 5. The first kappa shape index (κ1) is 10.1. The maximum atomic E-state index is 8.94. The number of halogens is 1. The van der Waals surface area contributed by atoms with Gasteiger partial charge in [-0.25, -0.2) is 0 Å². The van der Waals surface area contributed by atoms with Crippen LogP contribution in [0.1, 0.15) is 5.56 Å². The molecule has 2 heterocycles. The van der Waals surface area contributed by atoms with Crippen LogP contribution in [-0.4, -0.2) is 36.5 Å². The molecule has 0 aliphatic carbocycles. The molecule has 0 spiro atoms. The monoisotopic (exact) mass is 224 g/mol. The number of nitriles is 1. The molecular formula is C9H9ClN4O.